The Kier molecular flexibility index (Phi) is 2.36. The van der Waals surface area contributed by atoms with Crippen LogP contribution in [0.2, 0.25) is 0 Å². The number of halogens is 1. The van der Waals surface area contributed by atoms with Crippen LogP contribution in [0.5, 0.6) is 0 Å². The summed E-state index contributed by atoms with van der Waals surface area (Å²) in [6.07, 6.45) is 2.36. The van der Waals surface area contributed by atoms with Crippen LogP contribution < -0.4 is 5.56 Å². The highest BCUT2D eigenvalue weighted by Gasteiger charge is 2.29. The first-order valence-electron chi connectivity index (χ1n) is 5.27. The first-order chi connectivity index (χ1) is 7.70. The molecular weight excluding hydrogens is 290 g/mol. The molecule has 4 nitrogen and oxygen atoms in total. The SMILES string of the molecule is CCn1nc(C2CC2)c2sc(Br)nc2c1=O. The second kappa shape index (κ2) is 3.63. The molecule has 0 aliphatic heterocycles. The Bertz CT molecular complexity index is 614. The van der Waals surface area contributed by atoms with Crippen LogP contribution in [0, 0.1) is 0 Å². The standard InChI is InChI=1S/C10H10BrN3OS/c1-2-14-9(15)7-8(16-10(11)12-7)6(13-14)5-3-4-5/h5H,2-4H2,1H3. The molecule has 0 N–H and O–H groups in total. The highest BCUT2D eigenvalue weighted by molar-refractivity contribution is 9.11. The minimum Gasteiger partial charge on any atom is -0.265 e. The summed E-state index contributed by atoms with van der Waals surface area (Å²) in [7, 11) is 0. The van der Waals surface area contributed by atoms with Crippen molar-refractivity contribution in [2.75, 3.05) is 0 Å². The zero-order chi connectivity index (χ0) is 11.3. The van der Waals surface area contributed by atoms with E-state index in [0.717, 1.165) is 14.3 Å². The fourth-order valence-electron chi connectivity index (χ4n) is 1.79. The Morgan fingerprint density at radius 1 is 1.56 bits per heavy atom. The number of aryl methyl sites for hydroxylation is 1. The average Bonchev–Trinajstić information content (AvgIpc) is 3.01. The summed E-state index contributed by atoms with van der Waals surface area (Å²) in [6, 6.07) is 0. The van der Waals surface area contributed by atoms with Crippen LogP contribution in [0.4, 0.5) is 0 Å². The van der Waals surface area contributed by atoms with Gasteiger partial charge in [-0.15, -0.1) is 11.3 Å². The van der Waals surface area contributed by atoms with E-state index in [1.165, 1.54) is 28.9 Å². The maximum absolute atomic E-state index is 12.0. The molecule has 0 unspecified atom stereocenters. The van der Waals surface area contributed by atoms with Crippen molar-refractivity contribution in [2.24, 2.45) is 0 Å². The van der Waals surface area contributed by atoms with Gasteiger partial charge in [0.1, 0.15) is 0 Å². The van der Waals surface area contributed by atoms with Gasteiger partial charge in [0, 0.05) is 12.5 Å². The molecule has 0 amide bonds. The molecule has 0 aromatic carbocycles. The quantitative estimate of drug-likeness (QED) is 0.856. The van der Waals surface area contributed by atoms with Gasteiger partial charge < -0.3 is 0 Å². The maximum Gasteiger partial charge on any atom is 0.294 e. The van der Waals surface area contributed by atoms with E-state index in [1.54, 1.807) is 0 Å². The Morgan fingerprint density at radius 2 is 2.31 bits per heavy atom. The van der Waals surface area contributed by atoms with E-state index in [9.17, 15) is 4.79 Å². The molecule has 3 rings (SSSR count). The lowest BCUT2D eigenvalue weighted by atomic mass is 10.2. The van der Waals surface area contributed by atoms with E-state index in [1.807, 2.05) is 6.92 Å². The van der Waals surface area contributed by atoms with Crippen molar-refractivity contribution in [1.82, 2.24) is 14.8 Å². The number of nitrogens with zero attached hydrogens (tertiary/aromatic N) is 3. The van der Waals surface area contributed by atoms with Gasteiger partial charge in [0.25, 0.3) is 5.56 Å². The third kappa shape index (κ3) is 1.51. The summed E-state index contributed by atoms with van der Waals surface area (Å²) in [6.45, 7) is 2.53. The van der Waals surface area contributed by atoms with E-state index in [2.05, 4.69) is 26.0 Å². The third-order valence-corrected chi connectivity index (χ3v) is 4.29. The predicted octanol–water partition coefficient (Wildman–Crippen LogP) is 2.51. The van der Waals surface area contributed by atoms with Gasteiger partial charge >= 0.3 is 0 Å². The number of fused-ring (bicyclic) bond motifs is 1. The molecule has 0 radical (unpaired) electrons. The highest BCUT2D eigenvalue weighted by Crippen LogP contribution is 2.43. The number of hydrogen-bond acceptors (Lipinski definition) is 4. The molecule has 16 heavy (non-hydrogen) atoms. The summed E-state index contributed by atoms with van der Waals surface area (Å²) in [5.41, 5.74) is 1.54. The fourth-order valence-corrected chi connectivity index (χ4v) is 3.30. The number of aromatic nitrogens is 3. The van der Waals surface area contributed by atoms with Crippen molar-refractivity contribution in [1.29, 1.82) is 0 Å². The van der Waals surface area contributed by atoms with E-state index in [-0.39, 0.29) is 5.56 Å². The molecule has 1 saturated carbocycles. The second-order valence-electron chi connectivity index (χ2n) is 3.92. The molecule has 6 heteroatoms. The lowest BCUT2D eigenvalue weighted by Gasteiger charge is -2.04. The molecule has 2 aromatic rings. The smallest absolute Gasteiger partial charge is 0.265 e. The van der Waals surface area contributed by atoms with Crippen molar-refractivity contribution in [2.45, 2.75) is 32.2 Å². The molecule has 2 heterocycles. The summed E-state index contributed by atoms with van der Waals surface area (Å²) in [5, 5.41) is 4.45. The van der Waals surface area contributed by atoms with E-state index >= 15 is 0 Å². The summed E-state index contributed by atoms with van der Waals surface area (Å²) in [4.78, 5) is 16.2. The van der Waals surface area contributed by atoms with Crippen LogP contribution in [-0.4, -0.2) is 14.8 Å². The van der Waals surface area contributed by atoms with E-state index < -0.39 is 0 Å². The van der Waals surface area contributed by atoms with Crippen molar-refractivity contribution in [3.8, 4) is 0 Å². The van der Waals surface area contributed by atoms with E-state index in [4.69, 9.17) is 0 Å². The van der Waals surface area contributed by atoms with Crippen LogP contribution in [-0.2, 0) is 6.54 Å². The van der Waals surface area contributed by atoms with Gasteiger partial charge in [0.05, 0.1) is 10.4 Å². The van der Waals surface area contributed by atoms with Crippen LogP contribution in [0.25, 0.3) is 10.2 Å². The highest BCUT2D eigenvalue weighted by atomic mass is 79.9. The average molecular weight is 300 g/mol. The van der Waals surface area contributed by atoms with Crippen LogP contribution in [0.3, 0.4) is 0 Å². The molecule has 2 aromatic heterocycles. The van der Waals surface area contributed by atoms with Crippen molar-refractivity contribution < 1.29 is 0 Å². The van der Waals surface area contributed by atoms with Gasteiger partial charge in [-0.3, -0.25) is 4.79 Å². The van der Waals surface area contributed by atoms with Gasteiger partial charge in [-0.1, -0.05) is 0 Å². The number of thiazole rings is 1. The Morgan fingerprint density at radius 3 is 2.94 bits per heavy atom. The molecule has 0 atom stereocenters. The second-order valence-corrected chi connectivity index (χ2v) is 6.20. The third-order valence-electron chi connectivity index (χ3n) is 2.76. The Labute approximate surface area is 104 Å². The molecule has 84 valence electrons. The van der Waals surface area contributed by atoms with E-state index in [0.29, 0.717) is 18.0 Å². The van der Waals surface area contributed by atoms with Gasteiger partial charge in [0.2, 0.25) is 0 Å². The monoisotopic (exact) mass is 299 g/mol. The van der Waals surface area contributed by atoms with Crippen molar-refractivity contribution in [3.63, 3.8) is 0 Å². The summed E-state index contributed by atoms with van der Waals surface area (Å²) >= 11 is 4.85. The molecule has 1 aliphatic carbocycles. The lowest BCUT2D eigenvalue weighted by molar-refractivity contribution is 0.607. The molecule has 1 aliphatic rings. The molecular formula is C10H10BrN3OS. The van der Waals surface area contributed by atoms with Crippen LogP contribution >= 0.6 is 27.3 Å². The number of rotatable bonds is 2. The first-order valence-corrected chi connectivity index (χ1v) is 6.88. The maximum atomic E-state index is 12.0. The van der Waals surface area contributed by atoms with Crippen LogP contribution in [0.1, 0.15) is 31.4 Å². The zero-order valence-corrected chi connectivity index (χ0v) is 11.1. The first kappa shape index (κ1) is 10.4. The van der Waals surface area contributed by atoms with Crippen molar-refractivity contribution >= 4 is 37.5 Å². The minimum absolute atomic E-state index is 0.0798. The largest absolute Gasteiger partial charge is 0.294 e. The van der Waals surface area contributed by atoms with Crippen molar-refractivity contribution in [3.05, 3.63) is 20.0 Å². The number of hydrogen-bond donors (Lipinski definition) is 0. The van der Waals surface area contributed by atoms with Gasteiger partial charge in [-0.05, 0) is 35.7 Å². The minimum atomic E-state index is -0.0798. The zero-order valence-electron chi connectivity index (χ0n) is 8.73. The topological polar surface area (TPSA) is 47.8 Å². The Balaban J connectivity index is 2.39. The van der Waals surface area contributed by atoms with Gasteiger partial charge in [-0.25, -0.2) is 9.67 Å². The van der Waals surface area contributed by atoms with Gasteiger partial charge in [-0.2, -0.15) is 5.10 Å². The molecule has 1 fully saturated rings. The molecule has 0 saturated heterocycles. The predicted molar refractivity (Wildman–Crippen MR) is 67.0 cm³/mol. The molecule has 0 bridgehead atoms. The van der Waals surface area contributed by atoms with Gasteiger partial charge in [0.15, 0.2) is 9.43 Å². The lowest BCUT2D eigenvalue weighted by Crippen LogP contribution is -2.23. The summed E-state index contributed by atoms with van der Waals surface area (Å²) in [5.74, 6) is 0.535. The van der Waals surface area contributed by atoms with Crippen LogP contribution in [0.15, 0.2) is 8.71 Å². The molecule has 0 spiro atoms. The Hall–Kier alpha value is -0.750. The normalized spacial score (nSPS) is 15.9. The fraction of sp³-hybridized carbons (Fsp3) is 0.500. The summed E-state index contributed by atoms with van der Waals surface area (Å²) < 4.78 is 3.24.